The Morgan fingerprint density at radius 2 is 2.04 bits per heavy atom. The summed E-state index contributed by atoms with van der Waals surface area (Å²) >= 11 is 0. The second-order valence-electron chi connectivity index (χ2n) is 6.97. The highest BCUT2D eigenvalue weighted by Gasteiger charge is 2.18. The van der Waals surface area contributed by atoms with Crippen LogP contribution in [0.25, 0.3) is 0 Å². The molecule has 5 heteroatoms. The van der Waals surface area contributed by atoms with Crippen LogP contribution >= 0.6 is 0 Å². The second-order valence-corrected chi connectivity index (χ2v) is 6.97. The lowest BCUT2D eigenvalue weighted by molar-refractivity contribution is -0.121. The Kier molecular flexibility index (Phi) is 5.87. The zero-order chi connectivity index (χ0) is 17.6. The fraction of sp³-hybridized carbons (Fsp3) is 0.500. The Balaban J connectivity index is 1.59. The number of hydrogen-bond acceptors (Lipinski definition) is 3. The molecule has 134 valence electrons. The summed E-state index contributed by atoms with van der Waals surface area (Å²) in [6, 6.07) is 10.1. The quantitative estimate of drug-likeness (QED) is 0.813. The third kappa shape index (κ3) is 4.69. The molecule has 0 saturated carbocycles. The maximum atomic E-state index is 12.4. The molecule has 0 aliphatic heterocycles. The van der Waals surface area contributed by atoms with Gasteiger partial charge in [0.15, 0.2) is 0 Å². The van der Waals surface area contributed by atoms with Crippen LogP contribution in [0.3, 0.4) is 0 Å². The third-order valence-corrected chi connectivity index (χ3v) is 4.87. The van der Waals surface area contributed by atoms with Crippen LogP contribution in [0.5, 0.6) is 0 Å². The summed E-state index contributed by atoms with van der Waals surface area (Å²) in [7, 11) is 0. The summed E-state index contributed by atoms with van der Waals surface area (Å²) in [4.78, 5) is 16.8. The molecular weight excluding hydrogens is 314 g/mol. The van der Waals surface area contributed by atoms with E-state index in [0.29, 0.717) is 19.5 Å². The minimum atomic E-state index is -0.400. The summed E-state index contributed by atoms with van der Waals surface area (Å²) in [5, 5.41) is 12.8. The molecule has 0 saturated heterocycles. The van der Waals surface area contributed by atoms with Crippen molar-refractivity contribution >= 4 is 5.91 Å². The van der Waals surface area contributed by atoms with Crippen LogP contribution in [0, 0.1) is 0 Å². The minimum absolute atomic E-state index is 0.00250. The molecule has 0 spiro atoms. The van der Waals surface area contributed by atoms with E-state index in [0.717, 1.165) is 24.1 Å². The Morgan fingerprint density at radius 1 is 1.28 bits per heavy atom. The highest BCUT2D eigenvalue weighted by atomic mass is 16.3. The van der Waals surface area contributed by atoms with Crippen LogP contribution in [-0.4, -0.2) is 33.2 Å². The van der Waals surface area contributed by atoms with Gasteiger partial charge >= 0.3 is 0 Å². The number of aliphatic hydroxyl groups is 1. The van der Waals surface area contributed by atoms with Gasteiger partial charge in [-0.15, -0.1) is 0 Å². The Labute approximate surface area is 149 Å². The van der Waals surface area contributed by atoms with E-state index in [-0.39, 0.29) is 11.8 Å². The second kappa shape index (κ2) is 8.30. The Hall–Kier alpha value is -2.14. The molecule has 1 aliphatic rings. The highest BCUT2D eigenvalue weighted by molar-refractivity contribution is 5.75. The van der Waals surface area contributed by atoms with Gasteiger partial charge in [0.1, 0.15) is 6.54 Å². The maximum absolute atomic E-state index is 12.4. The number of carbonyl (C=O) groups excluding carboxylic acids is 1. The molecule has 0 fully saturated rings. The number of hydrogen-bond donors (Lipinski definition) is 2. The summed E-state index contributed by atoms with van der Waals surface area (Å²) in [6.45, 7) is 2.64. The first kappa shape index (κ1) is 17.7. The van der Waals surface area contributed by atoms with Gasteiger partial charge in [-0.3, -0.25) is 4.79 Å². The normalized spacial score (nSPS) is 16.1. The van der Waals surface area contributed by atoms with Crippen molar-refractivity contribution in [3.8, 4) is 0 Å². The fourth-order valence-electron chi connectivity index (χ4n) is 3.59. The average Bonchev–Trinajstić information content (AvgIpc) is 3.02. The van der Waals surface area contributed by atoms with E-state index < -0.39 is 6.10 Å². The first-order valence-corrected chi connectivity index (χ1v) is 9.16. The van der Waals surface area contributed by atoms with Gasteiger partial charge in [0, 0.05) is 18.2 Å². The molecule has 2 aromatic rings. The molecule has 2 unspecified atom stereocenters. The summed E-state index contributed by atoms with van der Waals surface area (Å²) in [5.74, 6) is 0.110. The zero-order valence-electron chi connectivity index (χ0n) is 14.8. The van der Waals surface area contributed by atoms with E-state index >= 15 is 0 Å². The van der Waals surface area contributed by atoms with Gasteiger partial charge in [0.25, 0.3) is 0 Å². The van der Waals surface area contributed by atoms with Gasteiger partial charge < -0.3 is 15.0 Å². The molecule has 0 radical (unpaired) electrons. The number of fused-ring (bicyclic) bond motifs is 1. The summed E-state index contributed by atoms with van der Waals surface area (Å²) < 4.78 is 1.98. The lowest BCUT2D eigenvalue weighted by Gasteiger charge is -2.20. The van der Waals surface area contributed by atoms with Crippen molar-refractivity contribution in [2.24, 2.45) is 0 Å². The molecule has 5 nitrogen and oxygen atoms in total. The number of imidazole rings is 1. The number of nitrogens with zero attached hydrogens (tertiary/aromatic N) is 2. The van der Waals surface area contributed by atoms with E-state index in [9.17, 15) is 9.90 Å². The van der Waals surface area contributed by atoms with Crippen LogP contribution in [0.1, 0.15) is 49.1 Å². The topological polar surface area (TPSA) is 67.2 Å². The average molecular weight is 341 g/mol. The SMILES string of the molecule is CC(O)CC(CNC(=O)Cn1cnc2c1CCCC2)c1ccccc1. The van der Waals surface area contributed by atoms with Gasteiger partial charge in [-0.05, 0) is 44.6 Å². The van der Waals surface area contributed by atoms with Crippen molar-refractivity contribution in [2.45, 2.75) is 57.6 Å². The van der Waals surface area contributed by atoms with Gasteiger partial charge in [-0.25, -0.2) is 4.98 Å². The number of carbonyl (C=O) groups is 1. The smallest absolute Gasteiger partial charge is 0.240 e. The lowest BCUT2D eigenvalue weighted by atomic mass is 9.93. The monoisotopic (exact) mass is 341 g/mol. The zero-order valence-corrected chi connectivity index (χ0v) is 14.8. The molecule has 1 amide bonds. The molecule has 2 N–H and O–H groups in total. The molecule has 2 atom stereocenters. The van der Waals surface area contributed by atoms with Crippen LogP contribution in [0.4, 0.5) is 0 Å². The van der Waals surface area contributed by atoms with E-state index in [1.807, 2.05) is 34.9 Å². The van der Waals surface area contributed by atoms with Crippen molar-refractivity contribution in [3.05, 3.63) is 53.6 Å². The van der Waals surface area contributed by atoms with Crippen molar-refractivity contribution in [3.63, 3.8) is 0 Å². The van der Waals surface area contributed by atoms with Gasteiger partial charge in [-0.1, -0.05) is 30.3 Å². The van der Waals surface area contributed by atoms with E-state index in [4.69, 9.17) is 0 Å². The number of benzene rings is 1. The molecule has 1 heterocycles. The maximum Gasteiger partial charge on any atom is 0.240 e. The molecule has 1 aliphatic carbocycles. The van der Waals surface area contributed by atoms with Gasteiger partial charge in [0.05, 0.1) is 18.1 Å². The predicted molar refractivity (Wildman–Crippen MR) is 97.4 cm³/mol. The van der Waals surface area contributed by atoms with Crippen molar-refractivity contribution in [2.75, 3.05) is 6.54 Å². The Morgan fingerprint density at radius 3 is 2.80 bits per heavy atom. The highest BCUT2D eigenvalue weighted by Crippen LogP contribution is 2.21. The molecular formula is C20H27N3O2. The molecule has 1 aromatic heterocycles. The summed E-state index contributed by atoms with van der Waals surface area (Å²) in [5.41, 5.74) is 3.50. The van der Waals surface area contributed by atoms with E-state index in [1.165, 1.54) is 18.5 Å². The van der Waals surface area contributed by atoms with Crippen molar-refractivity contribution < 1.29 is 9.90 Å². The number of aromatic nitrogens is 2. The minimum Gasteiger partial charge on any atom is -0.393 e. The van der Waals surface area contributed by atoms with Crippen molar-refractivity contribution in [1.29, 1.82) is 0 Å². The first-order chi connectivity index (χ1) is 12.1. The molecule has 0 bridgehead atoms. The largest absolute Gasteiger partial charge is 0.393 e. The van der Waals surface area contributed by atoms with Gasteiger partial charge in [-0.2, -0.15) is 0 Å². The van der Waals surface area contributed by atoms with Gasteiger partial charge in [0.2, 0.25) is 5.91 Å². The van der Waals surface area contributed by atoms with Crippen molar-refractivity contribution in [1.82, 2.24) is 14.9 Å². The lowest BCUT2D eigenvalue weighted by Crippen LogP contribution is -2.32. The van der Waals surface area contributed by atoms with Crippen LogP contribution < -0.4 is 5.32 Å². The number of aliphatic hydroxyl groups excluding tert-OH is 1. The van der Waals surface area contributed by atoms with Crippen LogP contribution in [0.2, 0.25) is 0 Å². The van der Waals surface area contributed by atoms with Crippen LogP contribution in [0.15, 0.2) is 36.7 Å². The first-order valence-electron chi connectivity index (χ1n) is 9.16. The standard InChI is InChI=1S/C20H27N3O2/c1-15(24)11-17(16-7-3-2-4-8-16)12-21-20(25)13-23-14-22-18-9-5-6-10-19(18)23/h2-4,7-8,14-15,17,24H,5-6,9-13H2,1H3,(H,21,25). The Bertz CT molecular complexity index is 694. The number of amides is 1. The predicted octanol–water partition coefficient (Wildman–Crippen LogP) is 2.43. The summed E-state index contributed by atoms with van der Waals surface area (Å²) in [6.07, 6.45) is 6.41. The number of nitrogens with one attached hydrogen (secondary N) is 1. The fourth-order valence-corrected chi connectivity index (χ4v) is 3.59. The molecule has 3 rings (SSSR count). The third-order valence-electron chi connectivity index (χ3n) is 4.87. The molecule has 1 aromatic carbocycles. The van der Waals surface area contributed by atoms with E-state index in [2.05, 4.69) is 10.3 Å². The van der Waals surface area contributed by atoms with Crippen LogP contribution in [-0.2, 0) is 24.2 Å². The number of aryl methyl sites for hydroxylation is 1. The molecule has 25 heavy (non-hydrogen) atoms. The van der Waals surface area contributed by atoms with E-state index in [1.54, 1.807) is 13.3 Å². The number of rotatable bonds is 7.